The molecule has 3 rings (SSSR count). The molecule has 0 aliphatic heterocycles. The van der Waals surface area contributed by atoms with Crippen LogP contribution in [0.2, 0.25) is 0 Å². The highest BCUT2D eigenvalue weighted by Gasteiger charge is 2.17. The Morgan fingerprint density at radius 3 is 2.38 bits per heavy atom. The number of carbonyl (C=O) groups is 2. The van der Waals surface area contributed by atoms with Gasteiger partial charge in [-0.25, -0.2) is 12.8 Å². The van der Waals surface area contributed by atoms with Crippen LogP contribution in [0.4, 0.5) is 10.1 Å². The smallest absolute Gasteiger partial charge is 0.276 e. The predicted molar refractivity (Wildman–Crippen MR) is 116 cm³/mol. The highest BCUT2D eigenvalue weighted by molar-refractivity contribution is 7.92. The molecule has 0 radical (unpaired) electrons. The molecule has 0 aliphatic carbocycles. The fourth-order valence-corrected chi connectivity index (χ4v) is 3.73. The zero-order valence-corrected chi connectivity index (χ0v) is 17.8. The average molecular weight is 457 g/mol. The number of ether oxygens (including phenoxy) is 1. The summed E-state index contributed by atoms with van der Waals surface area (Å²) in [6.45, 7) is 1.57. The molecule has 0 aliphatic rings. The molecule has 0 unspecified atom stereocenters. The Labute approximate surface area is 184 Å². The lowest BCUT2D eigenvalue weighted by Crippen LogP contribution is -2.43. The number of benzene rings is 3. The SMILES string of the molecule is Cc1cccc(OCC(=O)NNC(=O)c2cccc(S(=O)(=O)Nc3ccc(F)cc3)c2)c1. The molecule has 0 spiro atoms. The summed E-state index contributed by atoms with van der Waals surface area (Å²) < 4.78 is 45.7. The molecule has 0 fully saturated rings. The Morgan fingerprint density at radius 2 is 1.66 bits per heavy atom. The van der Waals surface area contributed by atoms with Gasteiger partial charge in [0.25, 0.3) is 21.8 Å². The first-order valence-electron chi connectivity index (χ1n) is 9.40. The summed E-state index contributed by atoms with van der Waals surface area (Å²) in [6, 6.07) is 17.2. The molecule has 0 saturated carbocycles. The van der Waals surface area contributed by atoms with E-state index in [-0.39, 0.29) is 22.8 Å². The Bertz CT molecular complexity index is 1230. The van der Waals surface area contributed by atoms with Crippen LogP contribution in [-0.2, 0) is 14.8 Å². The Balaban J connectivity index is 1.58. The number of carbonyl (C=O) groups excluding carboxylic acids is 2. The van der Waals surface area contributed by atoms with Gasteiger partial charge in [0.1, 0.15) is 11.6 Å². The van der Waals surface area contributed by atoms with Gasteiger partial charge < -0.3 is 4.74 Å². The Kier molecular flexibility index (Phi) is 7.06. The maximum Gasteiger partial charge on any atom is 0.276 e. The summed E-state index contributed by atoms with van der Waals surface area (Å²) >= 11 is 0. The first kappa shape index (κ1) is 22.8. The second-order valence-corrected chi connectivity index (χ2v) is 8.43. The molecule has 3 aromatic rings. The van der Waals surface area contributed by atoms with Crippen molar-refractivity contribution < 1.29 is 27.1 Å². The van der Waals surface area contributed by atoms with Crippen LogP contribution in [0.25, 0.3) is 0 Å². The van der Waals surface area contributed by atoms with Crippen LogP contribution < -0.4 is 20.3 Å². The molecule has 0 atom stereocenters. The summed E-state index contributed by atoms with van der Waals surface area (Å²) in [6.07, 6.45) is 0. The van der Waals surface area contributed by atoms with Crippen LogP contribution in [0.1, 0.15) is 15.9 Å². The van der Waals surface area contributed by atoms with Gasteiger partial charge in [-0.15, -0.1) is 0 Å². The summed E-state index contributed by atoms with van der Waals surface area (Å²) in [5, 5.41) is 0. The van der Waals surface area contributed by atoms with Gasteiger partial charge in [-0.1, -0.05) is 18.2 Å². The molecule has 8 nitrogen and oxygen atoms in total. The predicted octanol–water partition coefficient (Wildman–Crippen LogP) is 2.77. The molecular weight excluding hydrogens is 437 g/mol. The van der Waals surface area contributed by atoms with Gasteiger partial charge >= 0.3 is 0 Å². The minimum atomic E-state index is -4.02. The van der Waals surface area contributed by atoms with Crippen molar-refractivity contribution in [2.45, 2.75) is 11.8 Å². The molecule has 32 heavy (non-hydrogen) atoms. The van der Waals surface area contributed by atoms with Gasteiger partial charge in [-0.3, -0.25) is 25.2 Å². The van der Waals surface area contributed by atoms with Crippen molar-refractivity contribution in [1.82, 2.24) is 10.9 Å². The van der Waals surface area contributed by atoms with E-state index >= 15 is 0 Å². The van der Waals surface area contributed by atoms with Crippen molar-refractivity contribution in [3.8, 4) is 5.75 Å². The van der Waals surface area contributed by atoms with Gasteiger partial charge in [0.05, 0.1) is 4.90 Å². The average Bonchev–Trinajstić information content (AvgIpc) is 2.77. The van der Waals surface area contributed by atoms with E-state index in [1.165, 1.54) is 30.3 Å². The lowest BCUT2D eigenvalue weighted by Gasteiger charge is -2.11. The van der Waals surface area contributed by atoms with Crippen molar-refractivity contribution in [1.29, 1.82) is 0 Å². The number of sulfonamides is 1. The second kappa shape index (κ2) is 9.92. The quantitative estimate of drug-likeness (QED) is 0.472. The van der Waals surface area contributed by atoms with Gasteiger partial charge in [0, 0.05) is 11.3 Å². The minimum absolute atomic E-state index is 0.00637. The molecule has 3 aromatic carbocycles. The van der Waals surface area contributed by atoms with E-state index in [4.69, 9.17) is 4.74 Å². The summed E-state index contributed by atoms with van der Waals surface area (Å²) in [5.41, 5.74) is 5.56. The first-order chi connectivity index (χ1) is 15.2. The van der Waals surface area contributed by atoms with Crippen LogP contribution in [0.3, 0.4) is 0 Å². The molecule has 10 heteroatoms. The van der Waals surface area contributed by atoms with Crippen LogP contribution in [0.5, 0.6) is 5.75 Å². The third kappa shape index (κ3) is 6.29. The molecule has 2 amide bonds. The summed E-state index contributed by atoms with van der Waals surface area (Å²) in [4.78, 5) is 24.0. The van der Waals surface area contributed by atoms with Crippen molar-refractivity contribution in [2.75, 3.05) is 11.3 Å². The van der Waals surface area contributed by atoms with E-state index in [1.807, 2.05) is 13.0 Å². The van der Waals surface area contributed by atoms with Gasteiger partial charge in [0.2, 0.25) is 0 Å². The summed E-state index contributed by atoms with van der Waals surface area (Å²) in [5.74, 6) is -1.30. The number of nitrogens with one attached hydrogen (secondary N) is 3. The van der Waals surface area contributed by atoms with E-state index in [1.54, 1.807) is 18.2 Å². The third-order valence-corrected chi connectivity index (χ3v) is 5.56. The zero-order chi connectivity index (χ0) is 23.1. The number of amides is 2. The monoisotopic (exact) mass is 457 g/mol. The maximum atomic E-state index is 13.0. The fourth-order valence-electron chi connectivity index (χ4n) is 2.63. The summed E-state index contributed by atoms with van der Waals surface area (Å²) in [7, 11) is -4.02. The Morgan fingerprint density at radius 1 is 0.938 bits per heavy atom. The lowest BCUT2D eigenvalue weighted by molar-refractivity contribution is -0.123. The van der Waals surface area contributed by atoms with Crippen LogP contribution in [0, 0.1) is 12.7 Å². The molecule has 0 bridgehead atoms. The van der Waals surface area contributed by atoms with E-state index < -0.39 is 27.7 Å². The number of hydrogen-bond donors (Lipinski definition) is 3. The fraction of sp³-hybridized carbons (Fsp3) is 0.0909. The molecule has 0 saturated heterocycles. The number of halogens is 1. The number of aryl methyl sites for hydroxylation is 1. The van der Waals surface area contributed by atoms with Crippen molar-refractivity contribution >= 4 is 27.5 Å². The molecular formula is C22H20FN3O5S. The van der Waals surface area contributed by atoms with Gasteiger partial charge in [0.15, 0.2) is 6.61 Å². The van der Waals surface area contributed by atoms with Crippen molar-refractivity contribution in [3.05, 3.63) is 89.7 Å². The Hall–Kier alpha value is -3.92. The van der Waals surface area contributed by atoms with Crippen molar-refractivity contribution in [3.63, 3.8) is 0 Å². The maximum absolute atomic E-state index is 13.0. The van der Waals surface area contributed by atoms with Crippen LogP contribution >= 0.6 is 0 Å². The molecule has 166 valence electrons. The highest BCUT2D eigenvalue weighted by Crippen LogP contribution is 2.17. The third-order valence-electron chi connectivity index (χ3n) is 4.18. The molecule has 0 heterocycles. The minimum Gasteiger partial charge on any atom is -0.484 e. The standard InChI is InChI=1S/C22H20FN3O5S/c1-15-4-2-6-19(12-15)31-14-21(27)24-25-22(28)16-5-3-7-20(13-16)32(29,30)26-18-10-8-17(23)9-11-18/h2-13,26H,14H2,1H3,(H,24,27)(H,25,28). The second-order valence-electron chi connectivity index (χ2n) is 6.75. The largest absolute Gasteiger partial charge is 0.484 e. The topological polar surface area (TPSA) is 114 Å². The van der Waals surface area contributed by atoms with E-state index in [2.05, 4.69) is 15.6 Å². The normalized spacial score (nSPS) is 10.8. The lowest BCUT2D eigenvalue weighted by atomic mass is 10.2. The molecule has 0 aromatic heterocycles. The van der Waals surface area contributed by atoms with E-state index in [0.717, 1.165) is 23.8 Å². The highest BCUT2D eigenvalue weighted by atomic mass is 32.2. The number of anilines is 1. The number of hydrogen-bond acceptors (Lipinski definition) is 5. The van der Waals surface area contributed by atoms with Crippen LogP contribution in [0.15, 0.2) is 77.7 Å². The van der Waals surface area contributed by atoms with Crippen LogP contribution in [-0.4, -0.2) is 26.8 Å². The number of hydrazine groups is 1. The van der Waals surface area contributed by atoms with Crippen molar-refractivity contribution in [2.24, 2.45) is 0 Å². The molecule has 3 N–H and O–H groups in total. The van der Waals surface area contributed by atoms with E-state index in [9.17, 15) is 22.4 Å². The van der Waals surface area contributed by atoms with E-state index in [0.29, 0.717) is 5.75 Å². The van der Waals surface area contributed by atoms with Gasteiger partial charge in [-0.2, -0.15) is 0 Å². The number of rotatable bonds is 7. The van der Waals surface area contributed by atoms with Gasteiger partial charge in [-0.05, 0) is 67.1 Å². The first-order valence-corrected chi connectivity index (χ1v) is 10.9. The zero-order valence-electron chi connectivity index (χ0n) is 17.0.